The first-order chi connectivity index (χ1) is 17.7. The summed E-state index contributed by atoms with van der Waals surface area (Å²) in [6.07, 6.45) is 1.20. The summed E-state index contributed by atoms with van der Waals surface area (Å²) in [6, 6.07) is 16.2. The van der Waals surface area contributed by atoms with Gasteiger partial charge in [0, 0.05) is 16.7 Å². The Bertz CT molecular complexity index is 1230. The highest BCUT2D eigenvalue weighted by Gasteiger charge is 2.60. The number of hydrogen-bond acceptors (Lipinski definition) is 8. The molecule has 1 spiro atoms. The smallest absolute Gasteiger partial charge is 0.310 e. The zero-order valence-corrected chi connectivity index (χ0v) is 22.7. The van der Waals surface area contributed by atoms with Crippen LogP contribution in [0, 0.1) is 11.8 Å². The van der Waals surface area contributed by atoms with E-state index in [0.717, 1.165) is 22.6 Å². The molecule has 0 bridgehead atoms. The Hall–Kier alpha value is -2.29. The van der Waals surface area contributed by atoms with Crippen molar-refractivity contribution in [2.45, 2.75) is 23.0 Å². The molecule has 2 aliphatic heterocycles. The van der Waals surface area contributed by atoms with Crippen LogP contribution in [0.5, 0.6) is 17.2 Å². The third kappa shape index (κ3) is 3.89. The molecule has 0 amide bonds. The van der Waals surface area contributed by atoms with Crippen molar-refractivity contribution in [2.24, 2.45) is 11.8 Å². The van der Waals surface area contributed by atoms with Crippen LogP contribution in [-0.4, -0.2) is 38.3 Å². The van der Waals surface area contributed by atoms with E-state index in [1.165, 1.54) is 16.9 Å². The minimum atomic E-state index is -0.240. The predicted octanol–water partition coefficient (Wildman–Crippen LogP) is 6.30. The summed E-state index contributed by atoms with van der Waals surface area (Å²) in [5, 5.41) is 2.17. The summed E-state index contributed by atoms with van der Waals surface area (Å²) in [7, 11) is 3.28. The molecular formula is C28H28O5S3. The molecule has 3 atom stereocenters. The highest BCUT2D eigenvalue weighted by atomic mass is 32.2. The maximum Gasteiger partial charge on any atom is 0.310 e. The van der Waals surface area contributed by atoms with Gasteiger partial charge < -0.3 is 18.9 Å². The van der Waals surface area contributed by atoms with Gasteiger partial charge in [0.15, 0.2) is 11.5 Å². The molecule has 8 heteroatoms. The average Bonchev–Trinajstić information content (AvgIpc) is 3.57. The number of cyclic esters (lactones) is 1. The van der Waals surface area contributed by atoms with E-state index in [9.17, 15) is 4.79 Å². The first-order valence-corrected chi connectivity index (χ1v) is 15.0. The number of thioether (sulfide) groups is 2. The van der Waals surface area contributed by atoms with Crippen molar-refractivity contribution >= 4 is 40.8 Å². The van der Waals surface area contributed by atoms with Gasteiger partial charge in [-0.05, 0) is 58.2 Å². The van der Waals surface area contributed by atoms with Crippen LogP contribution in [0.2, 0.25) is 0 Å². The largest absolute Gasteiger partial charge is 0.493 e. The molecule has 0 unspecified atom stereocenters. The van der Waals surface area contributed by atoms with E-state index in [1.54, 1.807) is 14.2 Å². The summed E-state index contributed by atoms with van der Waals surface area (Å²) in [4.78, 5) is 14.6. The predicted molar refractivity (Wildman–Crippen MR) is 146 cm³/mol. The van der Waals surface area contributed by atoms with Crippen molar-refractivity contribution in [1.29, 1.82) is 0 Å². The second-order valence-electron chi connectivity index (χ2n) is 9.19. The number of rotatable bonds is 6. The molecule has 1 aromatic heterocycles. The van der Waals surface area contributed by atoms with Crippen molar-refractivity contribution in [2.75, 3.05) is 32.3 Å². The van der Waals surface area contributed by atoms with E-state index in [1.807, 2.05) is 77.3 Å². The highest BCUT2D eigenvalue weighted by Crippen LogP contribution is 2.67. The van der Waals surface area contributed by atoms with E-state index in [0.29, 0.717) is 30.5 Å². The Kier molecular flexibility index (Phi) is 6.60. The van der Waals surface area contributed by atoms with E-state index in [4.69, 9.17) is 18.9 Å². The first-order valence-electron chi connectivity index (χ1n) is 12.1. The topological polar surface area (TPSA) is 54.0 Å². The van der Waals surface area contributed by atoms with E-state index < -0.39 is 0 Å². The number of esters is 1. The lowest BCUT2D eigenvalue weighted by Gasteiger charge is -2.47. The summed E-state index contributed by atoms with van der Waals surface area (Å²) >= 11 is 5.82. The molecule has 2 saturated heterocycles. The third-order valence-electron chi connectivity index (χ3n) is 7.30. The average molecular weight is 541 g/mol. The molecular weight excluding hydrogens is 513 g/mol. The Morgan fingerprint density at radius 1 is 1.03 bits per heavy atom. The number of carbonyl (C=O) groups excluding carboxylic acids is 1. The molecule has 2 aromatic carbocycles. The Morgan fingerprint density at radius 2 is 1.75 bits per heavy atom. The van der Waals surface area contributed by atoms with Gasteiger partial charge in [0.25, 0.3) is 0 Å². The minimum absolute atomic E-state index is 0.102. The zero-order valence-electron chi connectivity index (χ0n) is 20.2. The highest BCUT2D eigenvalue weighted by molar-refractivity contribution is 8.18. The van der Waals surface area contributed by atoms with Gasteiger partial charge in [-0.1, -0.05) is 30.3 Å². The van der Waals surface area contributed by atoms with E-state index in [-0.39, 0.29) is 27.8 Å². The van der Waals surface area contributed by atoms with Crippen LogP contribution in [-0.2, 0) is 20.2 Å². The summed E-state index contributed by atoms with van der Waals surface area (Å²) in [5.41, 5.74) is 3.28. The maximum atomic E-state index is 13.3. The van der Waals surface area contributed by atoms with Gasteiger partial charge in [0.1, 0.15) is 10.7 Å². The van der Waals surface area contributed by atoms with E-state index in [2.05, 4.69) is 11.4 Å². The SMILES string of the molecule is COc1cc([C@@H]2c3ccsc3C3(SCCCS3)[C@@H]3COC(=O)[C@@H]23)cc(OC)c1OCc1ccccc1. The van der Waals surface area contributed by atoms with Crippen LogP contribution in [0.3, 0.4) is 0 Å². The third-order valence-corrected chi connectivity index (χ3v) is 12.2. The zero-order chi connectivity index (χ0) is 24.7. The van der Waals surface area contributed by atoms with Crippen molar-refractivity contribution in [1.82, 2.24) is 0 Å². The summed E-state index contributed by atoms with van der Waals surface area (Å²) in [6.45, 7) is 0.878. The van der Waals surface area contributed by atoms with Gasteiger partial charge in [0.2, 0.25) is 5.75 Å². The fraction of sp³-hybridized carbons (Fsp3) is 0.393. The van der Waals surface area contributed by atoms with Crippen LogP contribution < -0.4 is 14.2 Å². The van der Waals surface area contributed by atoms with Gasteiger partial charge in [-0.25, -0.2) is 0 Å². The van der Waals surface area contributed by atoms with Gasteiger partial charge in [0.05, 0.1) is 26.7 Å². The fourth-order valence-corrected chi connectivity index (χ4v) is 10.9. The summed E-state index contributed by atoms with van der Waals surface area (Å²) in [5.74, 6) is 3.65. The van der Waals surface area contributed by atoms with Crippen LogP contribution in [0.15, 0.2) is 53.9 Å². The first kappa shape index (κ1) is 24.1. The molecule has 3 aliphatic rings. The molecule has 5 nitrogen and oxygen atoms in total. The Labute approximate surface area is 223 Å². The molecule has 0 N–H and O–H groups in total. The number of thiophene rings is 1. The monoisotopic (exact) mass is 540 g/mol. The van der Waals surface area contributed by atoms with E-state index >= 15 is 0 Å². The molecule has 3 aromatic rings. The lowest BCUT2D eigenvalue weighted by molar-refractivity contribution is -0.141. The molecule has 0 radical (unpaired) electrons. The lowest BCUT2D eigenvalue weighted by atomic mass is 9.69. The normalized spacial score (nSPS) is 24.1. The fourth-order valence-electron chi connectivity index (χ4n) is 5.69. The van der Waals surface area contributed by atoms with Crippen LogP contribution in [0.4, 0.5) is 0 Å². The van der Waals surface area contributed by atoms with Crippen LogP contribution in [0.25, 0.3) is 0 Å². The van der Waals surface area contributed by atoms with Crippen molar-refractivity contribution in [3.8, 4) is 17.2 Å². The van der Waals surface area contributed by atoms with Crippen LogP contribution >= 0.6 is 34.9 Å². The van der Waals surface area contributed by atoms with Gasteiger partial charge >= 0.3 is 5.97 Å². The molecule has 188 valence electrons. The van der Waals surface area contributed by atoms with Gasteiger partial charge in [-0.3, -0.25) is 4.79 Å². The second kappa shape index (κ2) is 9.88. The lowest BCUT2D eigenvalue weighted by Crippen LogP contribution is -2.43. The van der Waals surface area contributed by atoms with Gasteiger partial charge in [-0.15, -0.1) is 34.9 Å². The maximum absolute atomic E-state index is 13.3. The number of fused-ring (bicyclic) bond motifs is 4. The number of methoxy groups -OCH3 is 2. The van der Waals surface area contributed by atoms with Crippen molar-refractivity contribution in [3.63, 3.8) is 0 Å². The number of ether oxygens (including phenoxy) is 4. The minimum Gasteiger partial charge on any atom is -0.493 e. The number of carbonyl (C=O) groups is 1. The molecule has 1 aliphatic carbocycles. The molecule has 2 fully saturated rings. The van der Waals surface area contributed by atoms with Crippen LogP contribution in [0.1, 0.15) is 33.9 Å². The van der Waals surface area contributed by atoms with Crippen molar-refractivity contribution in [3.05, 3.63) is 75.5 Å². The Balaban J connectivity index is 1.43. The molecule has 36 heavy (non-hydrogen) atoms. The summed E-state index contributed by atoms with van der Waals surface area (Å²) < 4.78 is 23.4. The second-order valence-corrected chi connectivity index (χ2v) is 13.0. The molecule has 3 heterocycles. The molecule has 0 saturated carbocycles. The number of hydrogen-bond donors (Lipinski definition) is 0. The quantitative estimate of drug-likeness (QED) is 0.340. The van der Waals surface area contributed by atoms with Gasteiger partial charge in [-0.2, -0.15) is 0 Å². The number of benzene rings is 2. The Morgan fingerprint density at radius 3 is 2.44 bits per heavy atom. The standard InChI is InChI=1S/C28H28O5S3/c1-30-21-13-18(14-22(31-2)25(21)32-15-17-7-4-3-5-8-17)23-19-9-12-34-26(19)28(35-10-6-11-36-28)20-16-33-27(29)24(20)23/h3-5,7-9,12-14,20,23-24H,6,10-11,15-16H2,1-2H3/t20-,23-,24-/m1/s1. The molecule has 6 rings (SSSR count). The van der Waals surface area contributed by atoms with Crippen molar-refractivity contribution < 1.29 is 23.7 Å².